The van der Waals surface area contributed by atoms with Crippen LogP contribution in [0.1, 0.15) is 44.5 Å². The van der Waals surface area contributed by atoms with Gasteiger partial charge in [0.1, 0.15) is 5.82 Å². The van der Waals surface area contributed by atoms with Crippen LogP contribution in [0.4, 0.5) is 17.5 Å². The number of rotatable bonds is 4. The van der Waals surface area contributed by atoms with Crippen LogP contribution in [0.5, 0.6) is 0 Å². The van der Waals surface area contributed by atoms with E-state index in [-0.39, 0.29) is 12.1 Å². The lowest BCUT2D eigenvalue weighted by Crippen LogP contribution is -2.35. The number of fused-ring (bicyclic) bond motifs is 1. The van der Waals surface area contributed by atoms with Crippen molar-refractivity contribution < 1.29 is 0 Å². The molecule has 0 saturated heterocycles. The lowest BCUT2D eigenvalue weighted by atomic mass is 9.90. The molecule has 3 aromatic rings. The Balaban J connectivity index is 1.81. The molecule has 0 bridgehead atoms. The molecule has 8 heteroatoms. The number of benzene rings is 1. The largest absolute Gasteiger partial charge is 0.382 e. The van der Waals surface area contributed by atoms with Gasteiger partial charge in [0.05, 0.1) is 6.04 Å². The quantitative estimate of drug-likeness (QED) is 0.630. The second-order valence-electron chi connectivity index (χ2n) is 7.01. The van der Waals surface area contributed by atoms with Crippen LogP contribution in [-0.2, 0) is 6.42 Å². The van der Waals surface area contributed by atoms with Gasteiger partial charge in [0.25, 0.3) is 0 Å². The van der Waals surface area contributed by atoms with E-state index < -0.39 is 0 Å². The summed E-state index contributed by atoms with van der Waals surface area (Å²) in [6, 6.07) is 7.69. The van der Waals surface area contributed by atoms with Crippen molar-refractivity contribution in [2.75, 3.05) is 11.1 Å². The highest BCUT2D eigenvalue weighted by molar-refractivity contribution is 6.30. The highest BCUT2D eigenvalue weighted by Crippen LogP contribution is 2.33. The summed E-state index contributed by atoms with van der Waals surface area (Å²) in [5.74, 6) is 1.74. The molecule has 27 heavy (non-hydrogen) atoms. The zero-order chi connectivity index (χ0) is 19.0. The molecule has 142 valence electrons. The molecule has 0 unspecified atom stereocenters. The molecule has 1 aliphatic rings. The number of nitrogens with zero attached hydrogens (tertiary/aromatic N) is 4. The van der Waals surface area contributed by atoms with Crippen molar-refractivity contribution in [3.8, 4) is 0 Å². The normalized spacial score (nSPS) is 20.1. The Morgan fingerprint density at radius 2 is 2.04 bits per heavy atom. The van der Waals surface area contributed by atoms with Crippen molar-refractivity contribution in [3.63, 3.8) is 0 Å². The summed E-state index contributed by atoms with van der Waals surface area (Å²) in [5, 5.41) is 3.83. The Hall–Kier alpha value is -2.38. The first-order valence-electron chi connectivity index (χ1n) is 9.39. The molecule has 2 heterocycles. The van der Waals surface area contributed by atoms with Crippen molar-refractivity contribution in [2.45, 2.75) is 51.1 Å². The number of halogens is 1. The van der Waals surface area contributed by atoms with Crippen LogP contribution in [0, 0.1) is 0 Å². The number of hydrogen-bond donors (Lipinski definition) is 3. The van der Waals surface area contributed by atoms with E-state index in [1.54, 1.807) is 0 Å². The second kappa shape index (κ2) is 7.32. The Labute approximate surface area is 163 Å². The van der Waals surface area contributed by atoms with Crippen LogP contribution in [0.3, 0.4) is 0 Å². The summed E-state index contributed by atoms with van der Waals surface area (Å²) < 4.78 is 2.18. The van der Waals surface area contributed by atoms with Crippen molar-refractivity contribution in [1.82, 2.24) is 19.5 Å². The molecule has 5 N–H and O–H groups in total. The number of nitrogen functional groups attached to an aromatic ring is 1. The van der Waals surface area contributed by atoms with Gasteiger partial charge in [-0.2, -0.15) is 9.97 Å². The van der Waals surface area contributed by atoms with Gasteiger partial charge in [0, 0.05) is 23.2 Å². The molecule has 2 aromatic heterocycles. The van der Waals surface area contributed by atoms with Gasteiger partial charge in [-0.25, -0.2) is 4.98 Å². The molecule has 0 amide bonds. The summed E-state index contributed by atoms with van der Waals surface area (Å²) in [4.78, 5) is 13.8. The molecule has 1 saturated carbocycles. The van der Waals surface area contributed by atoms with Gasteiger partial charge >= 0.3 is 0 Å². The van der Waals surface area contributed by atoms with Crippen LogP contribution in [0.15, 0.2) is 24.3 Å². The van der Waals surface area contributed by atoms with Crippen molar-refractivity contribution in [2.24, 2.45) is 5.73 Å². The minimum Gasteiger partial charge on any atom is -0.382 e. The summed E-state index contributed by atoms with van der Waals surface area (Å²) in [7, 11) is 0. The van der Waals surface area contributed by atoms with E-state index in [2.05, 4.69) is 21.8 Å². The highest BCUT2D eigenvalue weighted by Gasteiger charge is 2.28. The number of imidazole rings is 1. The summed E-state index contributed by atoms with van der Waals surface area (Å²) in [5.41, 5.74) is 14.9. The van der Waals surface area contributed by atoms with Gasteiger partial charge in [0.15, 0.2) is 17.0 Å². The molecule has 0 spiro atoms. The van der Waals surface area contributed by atoms with Gasteiger partial charge in [-0.1, -0.05) is 37.4 Å². The Kier molecular flexibility index (Phi) is 4.88. The molecule has 7 nitrogen and oxygen atoms in total. The molecule has 0 aliphatic heterocycles. The number of aryl methyl sites for hydroxylation is 1. The molecule has 2 atom stereocenters. The Morgan fingerprint density at radius 1 is 1.22 bits per heavy atom. The number of anilines is 3. The first-order chi connectivity index (χ1) is 13.1. The second-order valence-corrected chi connectivity index (χ2v) is 7.44. The Bertz CT molecular complexity index is 968. The van der Waals surface area contributed by atoms with Crippen LogP contribution in [0.2, 0.25) is 5.02 Å². The van der Waals surface area contributed by atoms with E-state index in [1.807, 2.05) is 24.3 Å². The van der Waals surface area contributed by atoms with Gasteiger partial charge in [-0.3, -0.25) is 0 Å². The van der Waals surface area contributed by atoms with E-state index >= 15 is 0 Å². The monoisotopic (exact) mass is 385 g/mol. The standard InChI is InChI=1S/C19H24ClN7/c1-2-15-24-16-17(22)25-19(23-12-7-5-6-11(20)10-12)26-18(16)27(15)14-9-4-3-8-13(14)21/h5-7,10,13-14H,2-4,8-9,21H2,1H3,(H3,22,23,25,26)/t13-,14+/m0/s1. The predicted octanol–water partition coefficient (Wildman–Crippen LogP) is 3.81. The number of aromatic nitrogens is 4. The fraction of sp³-hybridized carbons (Fsp3) is 0.421. The zero-order valence-electron chi connectivity index (χ0n) is 15.3. The fourth-order valence-corrected chi connectivity index (χ4v) is 4.04. The average Bonchev–Trinajstić information content (AvgIpc) is 3.01. The van der Waals surface area contributed by atoms with Gasteiger partial charge in [-0.15, -0.1) is 0 Å². The smallest absolute Gasteiger partial charge is 0.231 e. The highest BCUT2D eigenvalue weighted by atomic mass is 35.5. The van der Waals surface area contributed by atoms with E-state index in [0.29, 0.717) is 22.3 Å². The fourth-order valence-electron chi connectivity index (χ4n) is 3.85. The maximum Gasteiger partial charge on any atom is 0.231 e. The minimum absolute atomic E-state index is 0.0991. The zero-order valence-corrected chi connectivity index (χ0v) is 16.1. The Morgan fingerprint density at radius 3 is 2.78 bits per heavy atom. The lowest BCUT2D eigenvalue weighted by molar-refractivity contribution is 0.305. The van der Waals surface area contributed by atoms with Gasteiger partial charge < -0.3 is 21.4 Å². The van der Waals surface area contributed by atoms with Crippen LogP contribution in [0.25, 0.3) is 11.2 Å². The first kappa shape index (κ1) is 18.0. The average molecular weight is 386 g/mol. The summed E-state index contributed by atoms with van der Waals surface area (Å²) in [6.07, 6.45) is 5.16. The minimum atomic E-state index is 0.0991. The lowest BCUT2D eigenvalue weighted by Gasteiger charge is -2.31. The number of hydrogen-bond acceptors (Lipinski definition) is 6. The summed E-state index contributed by atoms with van der Waals surface area (Å²) >= 11 is 6.07. The van der Waals surface area contributed by atoms with Gasteiger partial charge in [-0.05, 0) is 31.0 Å². The van der Waals surface area contributed by atoms with Crippen LogP contribution >= 0.6 is 11.6 Å². The third-order valence-corrected chi connectivity index (χ3v) is 5.39. The van der Waals surface area contributed by atoms with Crippen LogP contribution < -0.4 is 16.8 Å². The molecule has 0 radical (unpaired) electrons. The topological polar surface area (TPSA) is 108 Å². The first-order valence-corrected chi connectivity index (χ1v) is 9.77. The molecule has 4 rings (SSSR count). The molecule has 1 fully saturated rings. The molecular formula is C19H24ClN7. The van der Waals surface area contributed by atoms with Gasteiger partial charge in [0.2, 0.25) is 5.95 Å². The van der Waals surface area contributed by atoms with Crippen molar-refractivity contribution in [3.05, 3.63) is 35.1 Å². The number of nitrogens with one attached hydrogen (secondary N) is 1. The third-order valence-electron chi connectivity index (χ3n) is 5.15. The van der Waals surface area contributed by atoms with E-state index in [9.17, 15) is 0 Å². The number of nitrogens with two attached hydrogens (primary N) is 2. The van der Waals surface area contributed by atoms with E-state index in [4.69, 9.17) is 33.0 Å². The summed E-state index contributed by atoms with van der Waals surface area (Å²) in [6.45, 7) is 2.08. The van der Waals surface area contributed by atoms with Crippen LogP contribution in [-0.4, -0.2) is 25.6 Å². The predicted molar refractivity (Wildman–Crippen MR) is 109 cm³/mol. The van der Waals surface area contributed by atoms with Crippen molar-refractivity contribution >= 4 is 40.2 Å². The maximum atomic E-state index is 6.45. The van der Waals surface area contributed by atoms with E-state index in [0.717, 1.165) is 42.8 Å². The van der Waals surface area contributed by atoms with E-state index in [1.165, 1.54) is 6.42 Å². The van der Waals surface area contributed by atoms with Crippen molar-refractivity contribution in [1.29, 1.82) is 0 Å². The molecule has 1 aromatic carbocycles. The SMILES string of the molecule is CCc1nc2c(N)nc(Nc3cccc(Cl)c3)nc2n1[C@@H]1CCCC[C@@H]1N. The maximum absolute atomic E-state index is 6.45. The third kappa shape index (κ3) is 3.44. The molecular weight excluding hydrogens is 362 g/mol. The molecule has 1 aliphatic carbocycles.